The van der Waals surface area contributed by atoms with Crippen molar-refractivity contribution < 1.29 is 38.1 Å². The van der Waals surface area contributed by atoms with E-state index in [0.717, 1.165) is 107 Å². The molecule has 8 saturated carbocycles. The lowest BCUT2D eigenvalue weighted by molar-refractivity contribution is -0.162. The van der Waals surface area contributed by atoms with Crippen LogP contribution in [0.25, 0.3) is 43.1 Å². The lowest BCUT2D eigenvalue weighted by atomic mass is 9.49. The third-order valence-corrected chi connectivity index (χ3v) is 35.2. The van der Waals surface area contributed by atoms with Gasteiger partial charge >= 0.3 is 23.9 Å². The average molecular weight is 1490 g/mol. The van der Waals surface area contributed by atoms with Gasteiger partial charge in [-0.05, 0) is 274 Å². The van der Waals surface area contributed by atoms with Crippen molar-refractivity contribution in [2.75, 3.05) is 46.0 Å². The third kappa shape index (κ3) is 15.2. The quantitative estimate of drug-likeness (QED) is 0.0677. The topological polar surface area (TPSA) is 105 Å². The number of esters is 4. The van der Waals surface area contributed by atoms with Crippen LogP contribution in [0.2, 0.25) is 0 Å². The molecule has 0 unspecified atom stereocenters. The Bertz CT molecular complexity index is 4770. The number of carbonyl (C=O) groups is 4. The predicted molar refractivity (Wildman–Crippen MR) is 439 cm³/mol. The van der Waals surface area contributed by atoms with E-state index in [9.17, 15) is 19.2 Å². The number of ether oxygens (including phenoxy) is 4. The van der Waals surface area contributed by atoms with Crippen molar-refractivity contribution in [1.29, 1.82) is 0 Å². The maximum Gasteiger partial charge on any atom is 0.343 e. The van der Waals surface area contributed by atoms with E-state index in [2.05, 4.69) is 115 Å². The molecule has 0 spiro atoms. The molecule has 8 nitrogen and oxygen atoms in total. The zero-order chi connectivity index (χ0) is 71.6. The van der Waals surface area contributed by atoms with E-state index in [4.69, 9.17) is 18.9 Å². The molecule has 4 saturated heterocycles. The molecular formula is C94H100O8S4+4. The summed E-state index contributed by atoms with van der Waals surface area (Å²) < 4.78 is 23.8. The minimum absolute atomic E-state index is 0.0628. The number of rotatable bonds is 12. The third-order valence-electron chi connectivity index (χ3n) is 25.0. The number of carbonyl (C=O) groups excluding carboxylic acids is 4. The highest BCUT2D eigenvalue weighted by atomic mass is 32.2. The summed E-state index contributed by atoms with van der Waals surface area (Å²) in [6.45, 7) is 0. The van der Waals surface area contributed by atoms with Gasteiger partial charge in [0.1, 0.15) is 69.0 Å². The van der Waals surface area contributed by atoms with Crippen molar-refractivity contribution in [2.24, 2.45) is 46.3 Å². The van der Waals surface area contributed by atoms with Crippen LogP contribution in [0.4, 0.5) is 0 Å². The molecule has 4 aliphatic heterocycles. The fourth-order valence-electron chi connectivity index (χ4n) is 20.8. The molecule has 106 heavy (non-hydrogen) atoms. The SMILES string of the molecule is O=C(Oc1ccc([S+]2CCCC2)c2ccccc12)C12CC3CC(CC(C3)C1)C2.O=C(Oc1ccc([S+]2CCCC2)c2ccccc12)c1ccccc1.O=C(Oc1ccc([S+]2CCCCC2)c2ccccc12)C12CC3CC(CC(C3)C1)C2.O=C(Oc1ccc([S+]2CCCCC2)c2ccccc12)c1ccccc1. The molecule has 0 amide bonds. The second-order valence-electron chi connectivity index (χ2n) is 32.3. The van der Waals surface area contributed by atoms with Gasteiger partial charge in [0.15, 0.2) is 19.6 Å². The Morgan fingerprint density at radius 2 is 0.462 bits per heavy atom. The zero-order valence-corrected chi connectivity index (χ0v) is 64.5. The van der Waals surface area contributed by atoms with Crippen LogP contribution >= 0.6 is 0 Å². The lowest BCUT2D eigenvalue weighted by Gasteiger charge is -2.55. The van der Waals surface area contributed by atoms with Crippen LogP contribution in [-0.2, 0) is 53.2 Å². The van der Waals surface area contributed by atoms with Crippen molar-refractivity contribution in [3.63, 3.8) is 0 Å². The van der Waals surface area contributed by atoms with E-state index < -0.39 is 0 Å². The largest absolute Gasteiger partial charge is 0.425 e. The fraction of sp³-hybridized carbons (Fsp3) is 0.404. The second kappa shape index (κ2) is 32.0. The molecule has 12 fully saturated rings. The van der Waals surface area contributed by atoms with Crippen LogP contribution in [-0.4, -0.2) is 69.9 Å². The van der Waals surface area contributed by atoms with E-state index in [0.29, 0.717) is 66.2 Å². The molecule has 0 N–H and O–H groups in total. The maximum atomic E-state index is 13.5. The molecule has 12 aliphatic rings. The molecule has 0 radical (unpaired) electrons. The second-order valence-corrected chi connectivity index (χ2v) is 41.2. The van der Waals surface area contributed by atoms with Crippen molar-refractivity contribution in [1.82, 2.24) is 0 Å². The van der Waals surface area contributed by atoms with Gasteiger partial charge in [-0.15, -0.1) is 0 Å². The number of hydrogen-bond acceptors (Lipinski definition) is 8. The van der Waals surface area contributed by atoms with E-state index in [1.54, 1.807) is 24.3 Å². The minimum atomic E-state index is -0.309. The minimum Gasteiger partial charge on any atom is -0.425 e. The first kappa shape index (κ1) is 71.4. The molecule has 4 heterocycles. The Labute approximate surface area is 637 Å². The normalized spacial score (nSPS) is 25.2. The van der Waals surface area contributed by atoms with Crippen LogP contribution in [0, 0.1) is 46.3 Å². The van der Waals surface area contributed by atoms with Crippen molar-refractivity contribution in [3.05, 3.63) is 217 Å². The smallest absolute Gasteiger partial charge is 0.343 e. The summed E-state index contributed by atoms with van der Waals surface area (Å²) in [7, 11) is 1.37. The first-order chi connectivity index (χ1) is 52.1. The highest BCUT2D eigenvalue weighted by molar-refractivity contribution is 7.98. The summed E-state index contributed by atoms with van der Waals surface area (Å²) >= 11 is 0. The van der Waals surface area contributed by atoms with Crippen LogP contribution in [0.15, 0.2) is 226 Å². The highest BCUT2D eigenvalue weighted by Crippen LogP contribution is 2.62. The summed E-state index contributed by atoms with van der Waals surface area (Å²) in [6, 6.07) is 68.9. The van der Waals surface area contributed by atoms with Crippen molar-refractivity contribution >= 4 is 111 Å². The van der Waals surface area contributed by atoms with Crippen LogP contribution in [0.5, 0.6) is 23.0 Å². The van der Waals surface area contributed by atoms with E-state index in [-0.39, 0.29) is 34.7 Å². The van der Waals surface area contributed by atoms with Crippen molar-refractivity contribution in [2.45, 2.75) is 161 Å². The summed E-state index contributed by atoms with van der Waals surface area (Å²) in [4.78, 5) is 57.5. The monoisotopic (exact) mass is 1480 g/mol. The molecule has 10 aromatic rings. The van der Waals surface area contributed by atoms with Crippen LogP contribution in [0.1, 0.15) is 162 Å². The van der Waals surface area contributed by atoms with Gasteiger partial charge in [0.25, 0.3) is 0 Å². The molecule has 22 rings (SSSR count). The molecule has 0 atom stereocenters. The lowest BCUT2D eigenvalue weighted by Crippen LogP contribution is -2.51. The molecule has 544 valence electrons. The summed E-state index contributed by atoms with van der Waals surface area (Å²) in [6.07, 6.45) is 27.9. The predicted octanol–water partition coefficient (Wildman–Crippen LogP) is 21.9. The van der Waals surface area contributed by atoms with Crippen LogP contribution in [0.3, 0.4) is 0 Å². The molecule has 12 heteroatoms. The molecule has 10 aromatic carbocycles. The zero-order valence-electron chi connectivity index (χ0n) is 61.2. The summed E-state index contributed by atoms with van der Waals surface area (Å²) in [5, 5.41) is 9.35. The Morgan fingerprint density at radius 1 is 0.245 bits per heavy atom. The van der Waals surface area contributed by atoms with E-state index in [1.807, 2.05) is 66.7 Å². The Morgan fingerprint density at radius 3 is 0.717 bits per heavy atom. The molecular weight excluding hydrogens is 1390 g/mol. The van der Waals surface area contributed by atoms with Gasteiger partial charge in [0, 0.05) is 86.7 Å². The number of benzene rings is 10. The number of fused-ring (bicyclic) bond motifs is 4. The molecule has 8 aliphatic carbocycles. The highest BCUT2D eigenvalue weighted by Gasteiger charge is 2.57. The first-order valence-corrected chi connectivity index (χ1v) is 46.1. The Kier molecular flexibility index (Phi) is 21.6. The average Bonchev–Trinajstić information content (AvgIpc) is 0.742. The van der Waals surface area contributed by atoms with Gasteiger partial charge in [-0.3, -0.25) is 9.59 Å². The summed E-state index contributed by atoms with van der Waals surface area (Å²) in [5.74, 6) is 17.4. The first-order valence-electron chi connectivity index (χ1n) is 39.8. The van der Waals surface area contributed by atoms with Gasteiger partial charge in [-0.25, -0.2) is 9.59 Å². The van der Waals surface area contributed by atoms with Gasteiger partial charge in [0.05, 0.1) is 22.0 Å². The maximum absolute atomic E-state index is 13.5. The summed E-state index contributed by atoms with van der Waals surface area (Å²) in [5.41, 5.74) is 0.759. The molecule has 0 aromatic heterocycles. The van der Waals surface area contributed by atoms with Crippen molar-refractivity contribution in [3.8, 4) is 23.0 Å². The standard InChI is InChI=1S/C26H31O2S.C25H29O2S.C22H21O2S.C21H19O2S/c27-25(26-15-18-12-19(16-26)14-20(13-18)17-26)28-23-8-9-24(29-10-4-1-5-11-29)22-7-3-2-6-21(22)23;26-24(25-14-17-11-18(15-25)13-19(12-17)16-25)27-22-7-8-23(28-9-3-4-10-28)21-6-2-1-5-20(21)22;23-22(17-9-3-1-4-10-17)24-20-13-14-21(25-15-7-2-8-16-25)19-12-6-5-11-18(19)20;22-21(16-8-2-1-3-9-16)23-19-12-13-20(24-14-6-7-15-24)18-11-5-4-10-17(18)19/h2-3,6-9,18-20H,1,4-5,10-17H2;1-2,5-8,17-19H,3-4,9-16H2;1,3-6,9-14H,2,7-8,15-16H2;1-5,8-13H,6-7,14-15H2/q4*+1. The van der Waals surface area contributed by atoms with E-state index >= 15 is 0 Å². The fourth-order valence-corrected chi connectivity index (χ4v) is 30.8. The van der Waals surface area contributed by atoms with Gasteiger partial charge in [-0.2, -0.15) is 0 Å². The molecule has 8 bridgehead atoms. The van der Waals surface area contributed by atoms with E-state index in [1.165, 1.54) is 190 Å². The number of hydrogen-bond donors (Lipinski definition) is 0. The van der Waals surface area contributed by atoms with Gasteiger partial charge in [-0.1, -0.05) is 109 Å². The van der Waals surface area contributed by atoms with Gasteiger partial charge in [0.2, 0.25) is 0 Å². The Balaban J connectivity index is 0.000000104. The van der Waals surface area contributed by atoms with Gasteiger partial charge < -0.3 is 18.9 Å². The van der Waals surface area contributed by atoms with Crippen LogP contribution < -0.4 is 18.9 Å². The Hall–Kier alpha value is -7.48.